The standard InChI is InChI=1S/C27H30N6O2/c1-18(2)33-26-23(17-30-33)22(15-24(31-26)21-7-5-4-6-19(21)3)27(34)29-16-20-8-9-28-25(14-20)32-10-12-35-13-11-32/h4-9,14-15,17-18H,10-13,16H2,1-3H3,(H,29,34). The first-order valence-electron chi connectivity index (χ1n) is 12.0. The summed E-state index contributed by atoms with van der Waals surface area (Å²) in [5.74, 6) is 0.756. The number of anilines is 1. The third kappa shape index (κ3) is 4.74. The second kappa shape index (κ2) is 9.84. The Balaban J connectivity index is 1.45. The van der Waals surface area contributed by atoms with Gasteiger partial charge in [-0.15, -0.1) is 0 Å². The molecular formula is C27H30N6O2. The summed E-state index contributed by atoms with van der Waals surface area (Å²) in [6.45, 7) is 9.62. The second-order valence-electron chi connectivity index (χ2n) is 9.09. The summed E-state index contributed by atoms with van der Waals surface area (Å²) in [7, 11) is 0. The summed E-state index contributed by atoms with van der Waals surface area (Å²) in [4.78, 5) is 25.1. The van der Waals surface area contributed by atoms with E-state index in [1.165, 1.54) is 0 Å². The molecule has 4 aromatic rings. The SMILES string of the molecule is Cc1ccccc1-c1cc(C(=O)NCc2ccnc(N3CCOCC3)c2)c2cnn(C(C)C)c2n1. The first-order chi connectivity index (χ1) is 17.0. The van der Waals surface area contributed by atoms with Crippen LogP contribution in [-0.4, -0.2) is 52.0 Å². The van der Waals surface area contributed by atoms with E-state index in [1.54, 1.807) is 12.4 Å². The highest BCUT2D eigenvalue weighted by molar-refractivity contribution is 6.06. The molecule has 1 aliphatic rings. The van der Waals surface area contributed by atoms with Gasteiger partial charge in [-0.1, -0.05) is 24.3 Å². The molecule has 1 N–H and O–H groups in total. The van der Waals surface area contributed by atoms with Gasteiger partial charge in [0.2, 0.25) is 0 Å². The lowest BCUT2D eigenvalue weighted by atomic mass is 10.0. The van der Waals surface area contributed by atoms with Crippen molar-refractivity contribution in [3.63, 3.8) is 0 Å². The van der Waals surface area contributed by atoms with Crippen molar-refractivity contribution in [2.24, 2.45) is 0 Å². The van der Waals surface area contributed by atoms with Gasteiger partial charge in [0.05, 0.1) is 36.1 Å². The second-order valence-corrected chi connectivity index (χ2v) is 9.09. The van der Waals surface area contributed by atoms with Crippen molar-refractivity contribution in [1.82, 2.24) is 25.1 Å². The Morgan fingerprint density at radius 2 is 1.94 bits per heavy atom. The molecule has 1 saturated heterocycles. The Morgan fingerprint density at radius 1 is 1.14 bits per heavy atom. The van der Waals surface area contributed by atoms with Crippen LogP contribution in [0.25, 0.3) is 22.3 Å². The van der Waals surface area contributed by atoms with E-state index in [4.69, 9.17) is 9.72 Å². The van der Waals surface area contributed by atoms with Crippen LogP contribution in [-0.2, 0) is 11.3 Å². The zero-order valence-corrected chi connectivity index (χ0v) is 20.4. The van der Waals surface area contributed by atoms with Crippen LogP contribution in [0.5, 0.6) is 0 Å². The smallest absolute Gasteiger partial charge is 0.252 e. The van der Waals surface area contributed by atoms with Gasteiger partial charge in [0.25, 0.3) is 5.91 Å². The fourth-order valence-corrected chi connectivity index (χ4v) is 4.40. The Hall–Kier alpha value is -3.78. The monoisotopic (exact) mass is 470 g/mol. The summed E-state index contributed by atoms with van der Waals surface area (Å²) in [6, 6.07) is 14.0. The number of pyridine rings is 2. The Kier molecular flexibility index (Phi) is 6.46. The molecule has 0 aliphatic carbocycles. The first-order valence-corrected chi connectivity index (χ1v) is 12.0. The van der Waals surface area contributed by atoms with Gasteiger partial charge in [-0.25, -0.2) is 14.6 Å². The Morgan fingerprint density at radius 3 is 2.71 bits per heavy atom. The minimum absolute atomic E-state index is 0.124. The van der Waals surface area contributed by atoms with Crippen LogP contribution in [0, 0.1) is 6.92 Å². The highest BCUT2D eigenvalue weighted by Crippen LogP contribution is 2.28. The number of benzene rings is 1. The van der Waals surface area contributed by atoms with E-state index in [0.29, 0.717) is 31.0 Å². The molecule has 1 aromatic carbocycles. The molecule has 0 spiro atoms. The molecule has 5 rings (SSSR count). The number of aromatic nitrogens is 4. The van der Waals surface area contributed by atoms with Crippen LogP contribution < -0.4 is 10.2 Å². The lowest BCUT2D eigenvalue weighted by Crippen LogP contribution is -2.36. The number of rotatable bonds is 6. The van der Waals surface area contributed by atoms with Gasteiger partial charge in [-0.05, 0) is 50.1 Å². The third-order valence-electron chi connectivity index (χ3n) is 6.32. The highest BCUT2D eigenvalue weighted by Gasteiger charge is 2.19. The van der Waals surface area contributed by atoms with Crippen LogP contribution in [0.1, 0.15) is 41.4 Å². The van der Waals surface area contributed by atoms with Crippen molar-refractivity contribution in [2.75, 3.05) is 31.2 Å². The van der Waals surface area contributed by atoms with Crippen molar-refractivity contribution in [1.29, 1.82) is 0 Å². The van der Waals surface area contributed by atoms with Crippen LogP contribution >= 0.6 is 0 Å². The Bertz CT molecular complexity index is 1360. The summed E-state index contributed by atoms with van der Waals surface area (Å²) < 4.78 is 7.31. The number of fused-ring (bicyclic) bond motifs is 1. The van der Waals surface area contributed by atoms with Gasteiger partial charge in [0.1, 0.15) is 5.82 Å². The number of carbonyl (C=O) groups is 1. The first kappa shape index (κ1) is 23.0. The van der Waals surface area contributed by atoms with E-state index in [0.717, 1.165) is 46.7 Å². The molecule has 1 fully saturated rings. The highest BCUT2D eigenvalue weighted by atomic mass is 16.5. The molecular weight excluding hydrogens is 440 g/mol. The third-order valence-corrected chi connectivity index (χ3v) is 6.32. The normalized spacial score (nSPS) is 14.0. The molecule has 8 nitrogen and oxygen atoms in total. The molecule has 8 heteroatoms. The lowest BCUT2D eigenvalue weighted by molar-refractivity contribution is 0.0952. The summed E-state index contributed by atoms with van der Waals surface area (Å²) in [6.07, 6.45) is 3.53. The average Bonchev–Trinajstić information content (AvgIpc) is 3.32. The predicted molar refractivity (Wildman–Crippen MR) is 137 cm³/mol. The van der Waals surface area contributed by atoms with E-state index in [-0.39, 0.29) is 11.9 Å². The molecule has 0 atom stereocenters. The maximum absolute atomic E-state index is 13.4. The summed E-state index contributed by atoms with van der Waals surface area (Å²) in [5, 5.41) is 8.37. The molecule has 3 aromatic heterocycles. The van der Waals surface area contributed by atoms with Crippen LogP contribution in [0.3, 0.4) is 0 Å². The molecule has 1 amide bonds. The molecule has 4 heterocycles. The zero-order valence-electron chi connectivity index (χ0n) is 20.4. The number of aryl methyl sites for hydroxylation is 1. The zero-order chi connectivity index (χ0) is 24.4. The van der Waals surface area contributed by atoms with Gasteiger partial charge in [0, 0.05) is 37.4 Å². The van der Waals surface area contributed by atoms with E-state index in [2.05, 4.69) is 47.1 Å². The lowest BCUT2D eigenvalue weighted by Gasteiger charge is -2.28. The fraction of sp³-hybridized carbons (Fsp3) is 0.333. The van der Waals surface area contributed by atoms with Crippen LogP contribution in [0.4, 0.5) is 5.82 Å². The summed E-state index contributed by atoms with van der Waals surface area (Å²) in [5.41, 5.74) is 5.16. The van der Waals surface area contributed by atoms with E-state index in [9.17, 15) is 4.79 Å². The molecule has 0 saturated carbocycles. The maximum Gasteiger partial charge on any atom is 0.252 e. The number of carbonyl (C=O) groups excluding carboxylic acids is 1. The molecule has 0 bridgehead atoms. The van der Waals surface area contributed by atoms with Crippen molar-refractivity contribution < 1.29 is 9.53 Å². The minimum atomic E-state index is -0.153. The number of nitrogens with one attached hydrogen (secondary N) is 1. The van der Waals surface area contributed by atoms with Gasteiger partial charge < -0.3 is 15.0 Å². The predicted octanol–water partition coefficient (Wildman–Crippen LogP) is 4.15. The number of hydrogen-bond donors (Lipinski definition) is 1. The molecule has 1 aliphatic heterocycles. The number of morpholine rings is 1. The number of ether oxygens (including phenoxy) is 1. The van der Waals surface area contributed by atoms with E-state index in [1.807, 2.05) is 41.1 Å². The van der Waals surface area contributed by atoms with E-state index < -0.39 is 0 Å². The number of hydrogen-bond acceptors (Lipinski definition) is 6. The fourth-order valence-electron chi connectivity index (χ4n) is 4.40. The maximum atomic E-state index is 13.4. The average molecular weight is 471 g/mol. The van der Waals surface area contributed by atoms with Gasteiger partial charge in [-0.3, -0.25) is 4.79 Å². The number of nitrogens with zero attached hydrogens (tertiary/aromatic N) is 5. The summed E-state index contributed by atoms with van der Waals surface area (Å²) >= 11 is 0. The quantitative estimate of drug-likeness (QED) is 0.456. The topological polar surface area (TPSA) is 85.2 Å². The number of amides is 1. The Labute approximate surface area is 205 Å². The minimum Gasteiger partial charge on any atom is -0.378 e. The van der Waals surface area contributed by atoms with Crippen molar-refractivity contribution in [2.45, 2.75) is 33.4 Å². The molecule has 35 heavy (non-hydrogen) atoms. The van der Waals surface area contributed by atoms with Crippen molar-refractivity contribution in [3.8, 4) is 11.3 Å². The van der Waals surface area contributed by atoms with Gasteiger partial charge in [0.15, 0.2) is 5.65 Å². The van der Waals surface area contributed by atoms with Crippen molar-refractivity contribution in [3.05, 3.63) is 71.5 Å². The van der Waals surface area contributed by atoms with Crippen molar-refractivity contribution >= 4 is 22.8 Å². The largest absolute Gasteiger partial charge is 0.378 e. The van der Waals surface area contributed by atoms with E-state index >= 15 is 0 Å². The van der Waals surface area contributed by atoms with Gasteiger partial charge >= 0.3 is 0 Å². The van der Waals surface area contributed by atoms with Crippen LogP contribution in [0.15, 0.2) is 54.9 Å². The van der Waals surface area contributed by atoms with Gasteiger partial charge in [-0.2, -0.15) is 5.10 Å². The molecule has 0 unspecified atom stereocenters. The van der Waals surface area contributed by atoms with Crippen LogP contribution in [0.2, 0.25) is 0 Å². The molecule has 180 valence electrons. The molecule has 0 radical (unpaired) electrons.